The molecule has 0 saturated carbocycles. The van der Waals surface area contributed by atoms with Crippen LogP contribution >= 0.6 is 0 Å². The van der Waals surface area contributed by atoms with Crippen LogP contribution in [0.2, 0.25) is 0 Å². The molecule has 0 fully saturated rings. The molecule has 0 heterocycles. The second-order valence-corrected chi connectivity index (χ2v) is 6.62. The zero-order chi connectivity index (χ0) is 13.8. The summed E-state index contributed by atoms with van der Waals surface area (Å²) in [6, 6.07) is 6.81. The molecule has 0 aliphatic rings. The molecular weight excluding hydrogens is 252 g/mol. The van der Waals surface area contributed by atoms with Crippen LogP contribution in [0.25, 0.3) is 0 Å². The zero-order valence-electron chi connectivity index (χ0n) is 11.0. The molecule has 18 heavy (non-hydrogen) atoms. The molecule has 0 amide bonds. The molecule has 4 nitrogen and oxygen atoms in total. The average Bonchev–Trinajstić information content (AvgIpc) is 2.39. The summed E-state index contributed by atoms with van der Waals surface area (Å²) < 4.78 is 28.8. The normalized spacial score (nSPS) is 15.1. The minimum Gasteiger partial charge on any atom is -0.497 e. The fraction of sp³-hybridized carbons (Fsp3) is 0.538. The Morgan fingerprint density at radius 2 is 1.78 bits per heavy atom. The van der Waals surface area contributed by atoms with Crippen molar-refractivity contribution in [1.82, 2.24) is 0 Å². The van der Waals surface area contributed by atoms with Gasteiger partial charge in [-0.2, -0.15) is 0 Å². The largest absolute Gasteiger partial charge is 0.497 e. The summed E-state index contributed by atoms with van der Waals surface area (Å²) in [5.41, 5.74) is 0.597. The minimum atomic E-state index is -3.25. The highest BCUT2D eigenvalue weighted by atomic mass is 32.2. The molecule has 1 aromatic carbocycles. The first-order chi connectivity index (χ1) is 8.46. The molecule has 102 valence electrons. The molecule has 0 aliphatic carbocycles. The number of sulfone groups is 1. The molecule has 0 saturated heterocycles. The SMILES string of the molecule is CC[C@@H]([C@@H](O)c1ccc(OC)cc1)S(=O)(=O)CC. The van der Waals surface area contributed by atoms with Gasteiger partial charge in [0.05, 0.1) is 18.5 Å². The van der Waals surface area contributed by atoms with E-state index in [0.29, 0.717) is 17.7 Å². The van der Waals surface area contributed by atoms with Gasteiger partial charge in [0.1, 0.15) is 5.75 Å². The van der Waals surface area contributed by atoms with Gasteiger partial charge < -0.3 is 9.84 Å². The molecule has 5 heteroatoms. The van der Waals surface area contributed by atoms with Gasteiger partial charge in [0.15, 0.2) is 9.84 Å². The van der Waals surface area contributed by atoms with E-state index < -0.39 is 21.2 Å². The number of hydrogen-bond acceptors (Lipinski definition) is 4. The Balaban J connectivity index is 3.00. The Labute approximate surface area is 109 Å². The number of aliphatic hydroxyl groups excluding tert-OH is 1. The highest BCUT2D eigenvalue weighted by Gasteiger charge is 2.30. The molecule has 0 spiro atoms. The van der Waals surface area contributed by atoms with Crippen molar-refractivity contribution in [1.29, 1.82) is 0 Å². The van der Waals surface area contributed by atoms with Gasteiger partial charge in [-0.15, -0.1) is 0 Å². The van der Waals surface area contributed by atoms with E-state index in [4.69, 9.17) is 4.74 Å². The van der Waals surface area contributed by atoms with Crippen molar-refractivity contribution in [2.45, 2.75) is 31.6 Å². The lowest BCUT2D eigenvalue weighted by molar-refractivity contribution is 0.169. The maximum Gasteiger partial charge on any atom is 0.155 e. The van der Waals surface area contributed by atoms with Crippen molar-refractivity contribution in [2.24, 2.45) is 0 Å². The second-order valence-electron chi connectivity index (χ2n) is 4.12. The standard InChI is InChI=1S/C13H20O4S/c1-4-12(18(15,16)5-2)13(14)10-6-8-11(17-3)9-7-10/h6-9,12-14H,4-5H2,1-3H3/t12-,13-/m0/s1. The molecule has 0 radical (unpaired) electrons. The number of rotatable bonds is 6. The molecule has 2 atom stereocenters. The van der Waals surface area contributed by atoms with E-state index in [-0.39, 0.29) is 5.75 Å². The van der Waals surface area contributed by atoms with E-state index in [2.05, 4.69) is 0 Å². The predicted molar refractivity (Wildman–Crippen MR) is 71.5 cm³/mol. The van der Waals surface area contributed by atoms with E-state index >= 15 is 0 Å². The lowest BCUT2D eigenvalue weighted by Gasteiger charge is -2.21. The maximum atomic E-state index is 11.9. The number of ether oxygens (including phenoxy) is 1. The van der Waals surface area contributed by atoms with Crippen LogP contribution in [0.5, 0.6) is 5.75 Å². The van der Waals surface area contributed by atoms with Crippen LogP contribution in [-0.4, -0.2) is 31.6 Å². The number of hydrogen-bond donors (Lipinski definition) is 1. The summed E-state index contributed by atoms with van der Waals surface area (Å²) in [5.74, 6) is 0.718. The smallest absolute Gasteiger partial charge is 0.155 e. The van der Waals surface area contributed by atoms with Gasteiger partial charge in [-0.05, 0) is 24.1 Å². The second kappa shape index (κ2) is 6.20. The zero-order valence-corrected chi connectivity index (χ0v) is 11.8. The van der Waals surface area contributed by atoms with Crippen LogP contribution in [0.1, 0.15) is 31.9 Å². The molecular formula is C13H20O4S. The highest BCUT2D eigenvalue weighted by Crippen LogP contribution is 2.26. The fourth-order valence-corrected chi connectivity index (χ4v) is 3.39. The summed E-state index contributed by atoms with van der Waals surface area (Å²) in [6.45, 7) is 3.36. The number of aliphatic hydroxyl groups is 1. The Bertz CT molecular complexity index is 464. The van der Waals surface area contributed by atoms with Gasteiger partial charge in [-0.25, -0.2) is 8.42 Å². The topological polar surface area (TPSA) is 63.6 Å². The van der Waals surface area contributed by atoms with Gasteiger partial charge in [0, 0.05) is 5.75 Å². The lowest BCUT2D eigenvalue weighted by atomic mass is 10.0. The summed E-state index contributed by atoms with van der Waals surface area (Å²) in [4.78, 5) is 0. The lowest BCUT2D eigenvalue weighted by Crippen LogP contribution is -2.29. The van der Waals surface area contributed by atoms with Crippen LogP contribution in [0.15, 0.2) is 24.3 Å². The number of methoxy groups -OCH3 is 1. The van der Waals surface area contributed by atoms with E-state index in [0.717, 1.165) is 0 Å². The van der Waals surface area contributed by atoms with E-state index in [1.54, 1.807) is 45.2 Å². The number of benzene rings is 1. The Kier molecular flexibility index (Phi) is 5.16. The third kappa shape index (κ3) is 3.23. The molecule has 0 aliphatic heterocycles. The molecule has 0 unspecified atom stereocenters. The third-order valence-corrected chi connectivity index (χ3v) is 5.39. The first kappa shape index (κ1) is 15.0. The van der Waals surface area contributed by atoms with Gasteiger partial charge >= 0.3 is 0 Å². The van der Waals surface area contributed by atoms with Crippen LogP contribution in [0.3, 0.4) is 0 Å². The van der Waals surface area contributed by atoms with E-state index in [9.17, 15) is 13.5 Å². The van der Waals surface area contributed by atoms with Gasteiger partial charge in [-0.3, -0.25) is 0 Å². The van der Waals surface area contributed by atoms with Crippen LogP contribution < -0.4 is 4.74 Å². The summed E-state index contributed by atoms with van der Waals surface area (Å²) >= 11 is 0. The molecule has 1 N–H and O–H groups in total. The quantitative estimate of drug-likeness (QED) is 0.859. The summed E-state index contributed by atoms with van der Waals surface area (Å²) in [7, 11) is -1.70. The van der Waals surface area contributed by atoms with Gasteiger partial charge in [-0.1, -0.05) is 26.0 Å². The Morgan fingerprint density at radius 3 is 2.17 bits per heavy atom. The van der Waals surface area contributed by atoms with Crippen molar-refractivity contribution in [2.75, 3.05) is 12.9 Å². The van der Waals surface area contributed by atoms with Crippen LogP contribution in [0.4, 0.5) is 0 Å². The van der Waals surface area contributed by atoms with Gasteiger partial charge in [0.2, 0.25) is 0 Å². The molecule has 1 aromatic rings. The Hall–Kier alpha value is -1.07. The molecule has 0 aromatic heterocycles. The predicted octanol–water partition coefficient (Wildman–Crippen LogP) is 1.94. The fourth-order valence-electron chi connectivity index (χ4n) is 1.90. The highest BCUT2D eigenvalue weighted by molar-refractivity contribution is 7.92. The van der Waals surface area contributed by atoms with E-state index in [1.165, 1.54) is 0 Å². The van der Waals surface area contributed by atoms with Crippen molar-refractivity contribution >= 4 is 9.84 Å². The summed E-state index contributed by atoms with van der Waals surface area (Å²) in [5, 5.41) is 9.44. The third-order valence-electron chi connectivity index (χ3n) is 3.08. The minimum absolute atomic E-state index is 0.0404. The van der Waals surface area contributed by atoms with Crippen molar-refractivity contribution < 1.29 is 18.3 Å². The van der Waals surface area contributed by atoms with Crippen molar-refractivity contribution in [3.8, 4) is 5.75 Å². The monoisotopic (exact) mass is 272 g/mol. The summed E-state index contributed by atoms with van der Waals surface area (Å²) in [6.07, 6.45) is -0.602. The first-order valence-corrected chi connectivity index (χ1v) is 7.71. The van der Waals surface area contributed by atoms with Crippen molar-refractivity contribution in [3.05, 3.63) is 29.8 Å². The first-order valence-electron chi connectivity index (χ1n) is 5.99. The van der Waals surface area contributed by atoms with Crippen molar-refractivity contribution in [3.63, 3.8) is 0 Å². The van der Waals surface area contributed by atoms with Gasteiger partial charge in [0.25, 0.3) is 0 Å². The maximum absolute atomic E-state index is 11.9. The average molecular weight is 272 g/mol. The Morgan fingerprint density at radius 1 is 1.22 bits per heavy atom. The van der Waals surface area contributed by atoms with Crippen LogP contribution in [-0.2, 0) is 9.84 Å². The molecule has 0 bridgehead atoms. The molecule has 1 rings (SSSR count). The van der Waals surface area contributed by atoms with Crippen LogP contribution in [0, 0.1) is 0 Å². The van der Waals surface area contributed by atoms with E-state index in [1.807, 2.05) is 0 Å².